The second-order valence-electron chi connectivity index (χ2n) is 4.21. The van der Waals surface area contributed by atoms with E-state index in [0.29, 0.717) is 12.0 Å². The van der Waals surface area contributed by atoms with Crippen LogP contribution in [0.5, 0.6) is 0 Å². The fraction of sp³-hybridized carbons (Fsp3) is 0.417. The zero-order valence-corrected chi connectivity index (χ0v) is 9.12. The Bertz CT molecular complexity index is 437. The third-order valence-electron chi connectivity index (χ3n) is 3.03. The topological polar surface area (TPSA) is 49.3 Å². The van der Waals surface area contributed by atoms with Crippen LogP contribution in [-0.2, 0) is 4.79 Å². The lowest BCUT2D eigenvalue weighted by Gasteiger charge is -2.28. The molecule has 1 aromatic rings. The van der Waals surface area contributed by atoms with Gasteiger partial charge < -0.3 is 5.11 Å². The number of benzene rings is 1. The maximum absolute atomic E-state index is 13.1. The van der Waals surface area contributed by atoms with Gasteiger partial charge in [-0.3, -0.25) is 10.1 Å². The van der Waals surface area contributed by atoms with E-state index < -0.39 is 23.6 Å². The van der Waals surface area contributed by atoms with Crippen LogP contribution in [0.2, 0.25) is 0 Å². The number of carbonyl (C=O) groups is 1. The maximum Gasteiger partial charge on any atom is 0.320 e. The second-order valence-corrected chi connectivity index (χ2v) is 4.21. The second kappa shape index (κ2) is 4.79. The summed E-state index contributed by atoms with van der Waals surface area (Å²) in [7, 11) is 0. The van der Waals surface area contributed by atoms with Crippen LogP contribution in [0.4, 0.5) is 8.78 Å². The summed E-state index contributed by atoms with van der Waals surface area (Å²) in [6.07, 6.45) is 2.05. The zero-order valence-electron chi connectivity index (χ0n) is 9.12. The number of rotatable bonds is 2. The Morgan fingerprint density at radius 1 is 1.29 bits per heavy atom. The molecule has 0 saturated carbocycles. The lowest BCUT2D eigenvalue weighted by molar-refractivity contribution is -0.140. The number of carboxylic acids is 1. The van der Waals surface area contributed by atoms with Gasteiger partial charge in [-0.1, -0.05) is 6.07 Å². The van der Waals surface area contributed by atoms with Crippen LogP contribution >= 0.6 is 0 Å². The van der Waals surface area contributed by atoms with Crippen molar-refractivity contribution in [3.63, 3.8) is 0 Å². The molecular weight excluding hydrogens is 228 g/mol. The van der Waals surface area contributed by atoms with Crippen molar-refractivity contribution >= 4 is 5.97 Å². The molecule has 2 N–H and O–H groups in total. The lowest BCUT2D eigenvalue weighted by Crippen LogP contribution is -2.42. The minimum absolute atomic E-state index is 0.222. The fourth-order valence-corrected chi connectivity index (χ4v) is 2.12. The first-order chi connectivity index (χ1) is 8.08. The van der Waals surface area contributed by atoms with Gasteiger partial charge in [-0.2, -0.15) is 0 Å². The summed E-state index contributed by atoms with van der Waals surface area (Å²) in [6, 6.07) is 2.84. The van der Waals surface area contributed by atoms with E-state index in [1.54, 1.807) is 0 Å². The van der Waals surface area contributed by atoms with Crippen LogP contribution in [0.25, 0.3) is 0 Å². The summed E-state index contributed by atoms with van der Waals surface area (Å²) in [6.45, 7) is 0. The third kappa shape index (κ3) is 2.61. The zero-order chi connectivity index (χ0) is 12.4. The number of piperidine rings is 1. The van der Waals surface area contributed by atoms with Gasteiger partial charge in [-0.25, -0.2) is 8.78 Å². The molecule has 1 fully saturated rings. The molecule has 1 heterocycles. The monoisotopic (exact) mass is 241 g/mol. The lowest BCUT2D eigenvalue weighted by atomic mass is 9.93. The first-order valence-corrected chi connectivity index (χ1v) is 5.51. The Hall–Kier alpha value is -1.49. The van der Waals surface area contributed by atoms with Crippen LogP contribution < -0.4 is 5.32 Å². The predicted molar refractivity (Wildman–Crippen MR) is 57.5 cm³/mol. The van der Waals surface area contributed by atoms with Gasteiger partial charge in [-0.15, -0.1) is 0 Å². The standard InChI is InChI=1S/C12H13F2NO2/c13-8-5-4-7(6-9(8)14)10-2-1-3-11(15-10)12(16)17/h4-6,10-11,15H,1-3H2,(H,16,17)/t10-,11+/m0/s1. The molecule has 1 aliphatic rings. The van der Waals surface area contributed by atoms with Crippen molar-refractivity contribution in [1.29, 1.82) is 0 Å². The molecule has 1 saturated heterocycles. The van der Waals surface area contributed by atoms with Gasteiger partial charge in [0.1, 0.15) is 6.04 Å². The van der Waals surface area contributed by atoms with E-state index in [-0.39, 0.29) is 6.04 Å². The van der Waals surface area contributed by atoms with Crippen molar-refractivity contribution in [1.82, 2.24) is 5.32 Å². The van der Waals surface area contributed by atoms with Crippen molar-refractivity contribution in [3.05, 3.63) is 35.4 Å². The number of halogens is 2. The van der Waals surface area contributed by atoms with Gasteiger partial charge in [0.2, 0.25) is 0 Å². The smallest absolute Gasteiger partial charge is 0.320 e. The molecule has 0 aromatic heterocycles. The summed E-state index contributed by atoms with van der Waals surface area (Å²) in [5.74, 6) is -2.70. The molecule has 5 heteroatoms. The highest BCUT2D eigenvalue weighted by Gasteiger charge is 2.27. The summed E-state index contributed by atoms with van der Waals surface area (Å²) < 4.78 is 25.9. The largest absolute Gasteiger partial charge is 0.480 e. The average molecular weight is 241 g/mol. The maximum atomic E-state index is 13.1. The quantitative estimate of drug-likeness (QED) is 0.834. The van der Waals surface area contributed by atoms with Crippen LogP contribution in [-0.4, -0.2) is 17.1 Å². The Morgan fingerprint density at radius 2 is 2.06 bits per heavy atom. The molecule has 0 unspecified atom stereocenters. The van der Waals surface area contributed by atoms with E-state index in [4.69, 9.17) is 5.11 Å². The molecule has 0 spiro atoms. The SMILES string of the molecule is O=C(O)[C@H]1CCC[C@@H](c2ccc(F)c(F)c2)N1. The van der Waals surface area contributed by atoms with Gasteiger partial charge in [0.05, 0.1) is 0 Å². The highest BCUT2D eigenvalue weighted by molar-refractivity contribution is 5.73. The molecule has 1 aliphatic heterocycles. The van der Waals surface area contributed by atoms with Crippen molar-refractivity contribution in [2.24, 2.45) is 0 Å². The van der Waals surface area contributed by atoms with Gasteiger partial charge in [0.15, 0.2) is 11.6 Å². The average Bonchev–Trinajstić information content (AvgIpc) is 2.33. The Kier molecular flexibility index (Phi) is 3.38. The molecule has 0 radical (unpaired) electrons. The van der Waals surface area contributed by atoms with E-state index in [2.05, 4.69) is 5.32 Å². The van der Waals surface area contributed by atoms with Gasteiger partial charge in [0.25, 0.3) is 0 Å². The summed E-state index contributed by atoms with van der Waals surface area (Å²) >= 11 is 0. The van der Waals surface area contributed by atoms with Crippen LogP contribution in [0.15, 0.2) is 18.2 Å². The van der Waals surface area contributed by atoms with Crippen molar-refractivity contribution in [2.45, 2.75) is 31.3 Å². The Balaban J connectivity index is 2.16. The molecule has 0 aliphatic carbocycles. The minimum atomic E-state index is -0.905. The van der Waals surface area contributed by atoms with Gasteiger partial charge in [0, 0.05) is 6.04 Å². The summed E-state index contributed by atoms with van der Waals surface area (Å²) in [5.41, 5.74) is 0.592. The van der Waals surface area contributed by atoms with E-state index in [0.717, 1.165) is 25.0 Å². The summed E-state index contributed by atoms with van der Waals surface area (Å²) in [4.78, 5) is 10.9. The van der Waals surface area contributed by atoms with E-state index >= 15 is 0 Å². The number of nitrogens with one attached hydrogen (secondary N) is 1. The van der Waals surface area contributed by atoms with Gasteiger partial charge >= 0.3 is 5.97 Å². The van der Waals surface area contributed by atoms with Crippen LogP contribution in [0.1, 0.15) is 30.9 Å². The molecule has 17 heavy (non-hydrogen) atoms. The normalized spacial score (nSPS) is 24.6. The number of hydrogen-bond donors (Lipinski definition) is 2. The Morgan fingerprint density at radius 3 is 2.71 bits per heavy atom. The van der Waals surface area contributed by atoms with E-state index in [1.165, 1.54) is 6.07 Å². The molecule has 1 aromatic carbocycles. The molecule has 0 bridgehead atoms. The molecule has 92 valence electrons. The number of carboxylic acid groups (broad SMARTS) is 1. The first-order valence-electron chi connectivity index (χ1n) is 5.51. The first kappa shape index (κ1) is 12.0. The minimum Gasteiger partial charge on any atom is -0.480 e. The molecule has 2 rings (SSSR count). The molecule has 3 nitrogen and oxygen atoms in total. The van der Waals surface area contributed by atoms with E-state index in [1.807, 2.05) is 0 Å². The Labute approximate surface area is 97.5 Å². The molecule has 0 amide bonds. The number of aliphatic carboxylic acids is 1. The van der Waals surface area contributed by atoms with Crippen LogP contribution in [0, 0.1) is 11.6 Å². The van der Waals surface area contributed by atoms with Crippen molar-refractivity contribution < 1.29 is 18.7 Å². The fourth-order valence-electron chi connectivity index (χ4n) is 2.12. The third-order valence-corrected chi connectivity index (χ3v) is 3.03. The highest BCUT2D eigenvalue weighted by atomic mass is 19.2. The molecular formula is C12H13F2NO2. The molecule has 2 atom stereocenters. The van der Waals surface area contributed by atoms with Crippen molar-refractivity contribution in [3.8, 4) is 0 Å². The number of hydrogen-bond acceptors (Lipinski definition) is 2. The van der Waals surface area contributed by atoms with Crippen LogP contribution in [0.3, 0.4) is 0 Å². The van der Waals surface area contributed by atoms with Gasteiger partial charge in [-0.05, 0) is 37.0 Å². The highest BCUT2D eigenvalue weighted by Crippen LogP contribution is 2.26. The van der Waals surface area contributed by atoms with Crippen molar-refractivity contribution in [2.75, 3.05) is 0 Å². The summed E-state index contributed by atoms with van der Waals surface area (Å²) in [5, 5.41) is 11.8. The predicted octanol–water partition coefficient (Wildman–Crippen LogP) is 2.23. The van der Waals surface area contributed by atoms with E-state index in [9.17, 15) is 13.6 Å².